The molecule has 2 aromatic carbocycles. The van der Waals surface area contributed by atoms with Crippen molar-refractivity contribution in [3.63, 3.8) is 0 Å². The topological polar surface area (TPSA) is 131 Å². The van der Waals surface area contributed by atoms with Crippen LogP contribution in [0.4, 0.5) is 11.4 Å². The van der Waals surface area contributed by atoms with E-state index < -0.39 is 33.9 Å². The molecule has 0 unspecified atom stereocenters. The number of ether oxygens (including phenoxy) is 1. The van der Waals surface area contributed by atoms with Crippen molar-refractivity contribution in [2.24, 2.45) is 5.92 Å². The monoisotopic (exact) mass is 455 g/mol. The number of aromatic nitrogens is 1. The Balaban J connectivity index is 1.52. The van der Waals surface area contributed by atoms with Gasteiger partial charge in [0.25, 0.3) is 5.69 Å². The molecular formula is C20H13N3O6S2. The summed E-state index contributed by atoms with van der Waals surface area (Å²) in [4.78, 5) is 51.6. The van der Waals surface area contributed by atoms with Crippen LogP contribution in [0.1, 0.15) is 16.4 Å². The van der Waals surface area contributed by atoms with Gasteiger partial charge < -0.3 is 15.0 Å². The number of benzene rings is 2. The van der Waals surface area contributed by atoms with E-state index in [2.05, 4.69) is 10.3 Å². The van der Waals surface area contributed by atoms with Crippen LogP contribution in [-0.4, -0.2) is 27.0 Å². The summed E-state index contributed by atoms with van der Waals surface area (Å²) in [5, 5.41) is 13.2. The molecule has 11 heteroatoms. The van der Waals surface area contributed by atoms with Crippen LogP contribution in [0, 0.1) is 16.0 Å². The van der Waals surface area contributed by atoms with Crippen LogP contribution in [0.2, 0.25) is 0 Å². The largest absolute Gasteiger partial charge is 0.426 e. The molecule has 0 saturated carbocycles. The maximum absolute atomic E-state index is 13.2. The second-order valence-electron chi connectivity index (χ2n) is 7.00. The van der Waals surface area contributed by atoms with Crippen LogP contribution in [0.3, 0.4) is 0 Å². The summed E-state index contributed by atoms with van der Waals surface area (Å²) in [6, 6.07) is 12.5. The minimum absolute atomic E-state index is 0.0990. The van der Waals surface area contributed by atoms with Gasteiger partial charge in [-0.1, -0.05) is 41.3 Å². The van der Waals surface area contributed by atoms with Gasteiger partial charge in [0, 0.05) is 34.2 Å². The van der Waals surface area contributed by atoms with E-state index in [0.29, 0.717) is 21.3 Å². The Morgan fingerprint density at radius 2 is 1.87 bits per heavy atom. The smallest absolute Gasteiger partial charge is 0.317 e. The fourth-order valence-electron chi connectivity index (χ4n) is 3.85. The Hall–Kier alpha value is -3.44. The highest BCUT2D eigenvalue weighted by Crippen LogP contribution is 2.53. The normalized spacial score (nSPS) is 21.3. The van der Waals surface area contributed by atoms with Crippen LogP contribution in [-0.2, 0) is 9.59 Å². The van der Waals surface area contributed by atoms with Crippen molar-refractivity contribution >= 4 is 46.3 Å². The third-order valence-corrected chi connectivity index (χ3v) is 7.61. The molecule has 2 aliphatic heterocycles. The predicted octanol–water partition coefficient (Wildman–Crippen LogP) is 3.12. The quantitative estimate of drug-likeness (QED) is 0.268. The first-order chi connectivity index (χ1) is 14.9. The number of thiazole rings is 1. The number of H-pyrrole nitrogens is 1. The lowest BCUT2D eigenvalue weighted by Crippen LogP contribution is -2.46. The Labute approximate surface area is 182 Å². The first-order valence-electron chi connectivity index (χ1n) is 9.18. The average Bonchev–Trinajstić information content (AvgIpc) is 3.13. The van der Waals surface area contributed by atoms with Gasteiger partial charge in [-0.3, -0.25) is 24.5 Å². The summed E-state index contributed by atoms with van der Waals surface area (Å²) in [5.41, 5.74) is 1.01. The molecular weight excluding hydrogens is 442 g/mol. The Bertz CT molecular complexity index is 1280. The number of aromatic amines is 1. The molecule has 1 aromatic heterocycles. The first-order valence-corrected chi connectivity index (χ1v) is 10.9. The molecule has 9 nitrogen and oxygen atoms in total. The van der Waals surface area contributed by atoms with Crippen molar-refractivity contribution in [1.82, 2.24) is 4.98 Å². The number of fused-ring (bicyclic) bond motifs is 5. The molecule has 3 atom stereocenters. The van der Waals surface area contributed by atoms with Gasteiger partial charge in [-0.25, -0.2) is 0 Å². The van der Waals surface area contributed by atoms with E-state index >= 15 is 0 Å². The highest BCUT2D eigenvalue weighted by atomic mass is 32.2. The number of hydrogen-bond acceptors (Lipinski definition) is 8. The van der Waals surface area contributed by atoms with Crippen molar-refractivity contribution in [3.05, 3.63) is 78.8 Å². The van der Waals surface area contributed by atoms with Crippen molar-refractivity contribution < 1.29 is 19.2 Å². The van der Waals surface area contributed by atoms with Gasteiger partial charge >= 0.3 is 10.8 Å². The third kappa shape index (κ3) is 3.31. The molecule has 156 valence electrons. The number of non-ortho nitro benzene ring substituents is 1. The van der Waals surface area contributed by atoms with E-state index in [0.717, 1.165) is 28.7 Å². The van der Waals surface area contributed by atoms with E-state index in [9.17, 15) is 24.5 Å². The molecule has 2 aliphatic rings. The lowest BCUT2D eigenvalue weighted by molar-refractivity contribution is -0.384. The number of nitro benzene ring substituents is 1. The van der Waals surface area contributed by atoms with Gasteiger partial charge in [0.2, 0.25) is 5.91 Å². The molecule has 0 fully saturated rings. The molecule has 0 spiro atoms. The summed E-state index contributed by atoms with van der Waals surface area (Å²) in [7, 11) is 0. The number of anilines is 1. The fraction of sp³-hybridized carbons (Fsp3) is 0.150. The van der Waals surface area contributed by atoms with Gasteiger partial charge in [-0.15, -0.1) is 0 Å². The number of nitrogens with zero attached hydrogens (tertiary/aromatic N) is 1. The number of amides is 1. The molecule has 31 heavy (non-hydrogen) atoms. The number of hydrogen-bond donors (Lipinski definition) is 2. The highest BCUT2D eigenvalue weighted by molar-refractivity contribution is 8.00. The second-order valence-corrected chi connectivity index (χ2v) is 9.17. The predicted molar refractivity (Wildman–Crippen MR) is 114 cm³/mol. The molecule has 2 N–H and O–H groups in total. The molecule has 0 bridgehead atoms. The molecule has 0 radical (unpaired) electrons. The second kappa shape index (κ2) is 7.36. The van der Waals surface area contributed by atoms with E-state index in [1.807, 2.05) is 12.1 Å². The van der Waals surface area contributed by atoms with Crippen LogP contribution >= 0.6 is 23.1 Å². The molecule has 3 heterocycles. The molecule has 1 amide bonds. The average molecular weight is 455 g/mol. The van der Waals surface area contributed by atoms with Gasteiger partial charge in [0.05, 0.1) is 15.9 Å². The number of para-hydroxylation sites is 1. The number of carbonyl (C=O) groups excluding carboxylic acids is 2. The minimum Gasteiger partial charge on any atom is -0.426 e. The standard InChI is InChI=1S/C20H13N3O6S2/c24-17(21-9-5-7-10(8-6-9)23(27)28)15-14-13(16-18(30-15)22-20(26)31-16)11-3-1-2-4-12(11)29-19(14)25/h1-8,13-15H,(H,21,24)(H,22,26)/t13-,14-,15-/m1/s1. The molecule has 0 saturated heterocycles. The van der Waals surface area contributed by atoms with Gasteiger partial charge in [-0.2, -0.15) is 0 Å². The van der Waals surface area contributed by atoms with Crippen molar-refractivity contribution in [3.8, 4) is 5.75 Å². The molecule has 5 rings (SSSR count). The van der Waals surface area contributed by atoms with Gasteiger partial charge in [-0.05, 0) is 18.2 Å². The zero-order chi connectivity index (χ0) is 21.7. The van der Waals surface area contributed by atoms with Crippen LogP contribution in [0.5, 0.6) is 5.75 Å². The Morgan fingerprint density at radius 3 is 2.61 bits per heavy atom. The fourth-order valence-corrected chi connectivity index (χ4v) is 6.31. The lowest BCUT2D eigenvalue weighted by atomic mass is 9.80. The number of nitrogens with one attached hydrogen (secondary N) is 2. The summed E-state index contributed by atoms with van der Waals surface area (Å²) in [6.07, 6.45) is 0. The number of carbonyl (C=O) groups is 2. The number of nitro groups is 1. The number of rotatable bonds is 3. The lowest BCUT2D eigenvalue weighted by Gasteiger charge is -2.38. The Kier molecular flexibility index (Phi) is 4.63. The van der Waals surface area contributed by atoms with Crippen LogP contribution < -0.4 is 14.9 Å². The maximum atomic E-state index is 13.2. The van der Waals surface area contributed by atoms with E-state index in [1.54, 1.807) is 12.1 Å². The highest BCUT2D eigenvalue weighted by Gasteiger charge is 2.51. The minimum atomic E-state index is -0.862. The molecule has 3 aromatic rings. The van der Waals surface area contributed by atoms with E-state index in [-0.39, 0.29) is 10.6 Å². The summed E-state index contributed by atoms with van der Waals surface area (Å²) < 4.78 is 5.50. The Morgan fingerprint density at radius 1 is 1.13 bits per heavy atom. The first kappa shape index (κ1) is 19.5. The van der Waals surface area contributed by atoms with Crippen molar-refractivity contribution in [2.75, 3.05) is 5.32 Å². The SMILES string of the molecule is O=C1Oc2ccccc2[C@H]2c3sc(=O)[nH]c3S[C@@H](C(=O)Nc3ccc([N+](=O)[O-])cc3)[C@H]12. The summed E-state index contributed by atoms with van der Waals surface area (Å²) in [6.45, 7) is 0. The zero-order valence-corrected chi connectivity index (χ0v) is 17.2. The van der Waals surface area contributed by atoms with Gasteiger partial charge in [0.1, 0.15) is 11.0 Å². The number of esters is 1. The van der Waals surface area contributed by atoms with Gasteiger partial charge in [0.15, 0.2) is 0 Å². The van der Waals surface area contributed by atoms with Crippen molar-refractivity contribution in [2.45, 2.75) is 16.2 Å². The number of thioether (sulfide) groups is 1. The third-order valence-electron chi connectivity index (χ3n) is 5.20. The maximum Gasteiger partial charge on any atom is 0.317 e. The summed E-state index contributed by atoms with van der Waals surface area (Å²) in [5.74, 6) is -1.88. The van der Waals surface area contributed by atoms with E-state index in [4.69, 9.17) is 4.74 Å². The van der Waals surface area contributed by atoms with Crippen LogP contribution in [0.25, 0.3) is 0 Å². The van der Waals surface area contributed by atoms with E-state index in [1.165, 1.54) is 24.3 Å². The van der Waals surface area contributed by atoms with Crippen LogP contribution in [0.15, 0.2) is 58.4 Å². The zero-order valence-electron chi connectivity index (χ0n) is 15.6. The summed E-state index contributed by atoms with van der Waals surface area (Å²) >= 11 is 2.14. The van der Waals surface area contributed by atoms with Crippen molar-refractivity contribution in [1.29, 1.82) is 0 Å². The molecule has 0 aliphatic carbocycles.